The number of hydrogen-bond donors (Lipinski definition) is 0. The van der Waals surface area contributed by atoms with Crippen LogP contribution in [-0.4, -0.2) is 6.61 Å². The van der Waals surface area contributed by atoms with Gasteiger partial charge in [0.05, 0.1) is 6.61 Å². The van der Waals surface area contributed by atoms with Crippen molar-refractivity contribution in [1.29, 1.82) is 0 Å². The van der Waals surface area contributed by atoms with Gasteiger partial charge in [0.2, 0.25) is 0 Å². The van der Waals surface area contributed by atoms with Gasteiger partial charge in [0, 0.05) is 5.39 Å². The Balaban J connectivity index is 2.27. The number of rotatable bonds is 6. The van der Waals surface area contributed by atoms with Gasteiger partial charge in [0.25, 0.3) is 0 Å². The third kappa shape index (κ3) is 3.25. The average molecular weight is 260 g/mol. The first-order valence-electron chi connectivity index (χ1n) is 7.10. The van der Waals surface area contributed by atoms with Gasteiger partial charge >= 0.3 is 0 Å². The first-order chi connectivity index (χ1) is 9.26. The van der Waals surface area contributed by atoms with Crippen LogP contribution in [0.15, 0.2) is 30.3 Å². The first kappa shape index (κ1) is 13.9. The predicted octanol–water partition coefficient (Wildman–Crippen LogP) is 5.11. The van der Waals surface area contributed by atoms with Gasteiger partial charge in [0.15, 0.2) is 11.6 Å². The number of halogens is 1. The second-order valence-electron chi connectivity index (χ2n) is 4.82. The lowest BCUT2D eigenvalue weighted by Crippen LogP contribution is -1.95. The van der Waals surface area contributed by atoms with E-state index in [0.717, 1.165) is 11.8 Å². The first-order valence-corrected chi connectivity index (χ1v) is 7.10. The van der Waals surface area contributed by atoms with Gasteiger partial charge in [0.1, 0.15) is 0 Å². The number of fused-ring (bicyclic) bond motifs is 1. The monoisotopic (exact) mass is 260 g/mol. The van der Waals surface area contributed by atoms with Crippen LogP contribution >= 0.6 is 0 Å². The number of unbranched alkanes of at least 4 members (excludes halogenated alkanes) is 2. The van der Waals surface area contributed by atoms with Gasteiger partial charge in [-0.05, 0) is 36.8 Å². The molecule has 0 spiro atoms. The van der Waals surface area contributed by atoms with E-state index in [2.05, 4.69) is 13.0 Å². The Hall–Kier alpha value is -1.57. The third-order valence-corrected chi connectivity index (χ3v) is 3.35. The lowest BCUT2D eigenvalue weighted by atomic mass is 10.0. The van der Waals surface area contributed by atoms with Gasteiger partial charge in [-0.2, -0.15) is 0 Å². The number of aryl methyl sites for hydroxylation is 1. The Morgan fingerprint density at radius 1 is 1.05 bits per heavy atom. The van der Waals surface area contributed by atoms with E-state index in [9.17, 15) is 4.39 Å². The van der Waals surface area contributed by atoms with E-state index >= 15 is 0 Å². The van der Waals surface area contributed by atoms with Crippen LogP contribution in [0.1, 0.15) is 38.7 Å². The summed E-state index contributed by atoms with van der Waals surface area (Å²) in [7, 11) is 0. The Bertz CT molecular complexity index is 548. The molecule has 2 aromatic rings. The van der Waals surface area contributed by atoms with Gasteiger partial charge in [-0.15, -0.1) is 0 Å². The average Bonchev–Trinajstić information content (AvgIpc) is 2.42. The maximum absolute atomic E-state index is 14.2. The van der Waals surface area contributed by atoms with E-state index in [1.165, 1.54) is 24.8 Å². The number of ether oxygens (including phenoxy) is 1. The summed E-state index contributed by atoms with van der Waals surface area (Å²) in [4.78, 5) is 0. The molecular weight excluding hydrogens is 239 g/mol. The molecule has 0 aliphatic rings. The van der Waals surface area contributed by atoms with E-state index in [0.29, 0.717) is 17.7 Å². The molecule has 0 atom stereocenters. The van der Waals surface area contributed by atoms with Crippen LogP contribution in [-0.2, 0) is 6.42 Å². The van der Waals surface area contributed by atoms with Gasteiger partial charge in [-0.1, -0.05) is 44.0 Å². The largest absolute Gasteiger partial charge is 0.491 e. The molecular formula is C17H21FO. The van der Waals surface area contributed by atoms with Crippen LogP contribution < -0.4 is 4.74 Å². The topological polar surface area (TPSA) is 9.23 Å². The van der Waals surface area contributed by atoms with Crippen molar-refractivity contribution in [3.8, 4) is 5.75 Å². The van der Waals surface area contributed by atoms with E-state index in [1.807, 2.05) is 25.1 Å². The molecule has 0 aliphatic heterocycles. The minimum atomic E-state index is -0.251. The number of benzene rings is 2. The van der Waals surface area contributed by atoms with Gasteiger partial charge < -0.3 is 4.74 Å². The lowest BCUT2D eigenvalue weighted by Gasteiger charge is -2.08. The molecule has 0 saturated heterocycles. The molecule has 0 N–H and O–H groups in total. The van der Waals surface area contributed by atoms with E-state index in [4.69, 9.17) is 4.74 Å². The molecule has 0 aliphatic carbocycles. The summed E-state index contributed by atoms with van der Waals surface area (Å²) in [5.41, 5.74) is 1.28. The molecule has 0 bridgehead atoms. The third-order valence-electron chi connectivity index (χ3n) is 3.35. The fourth-order valence-corrected chi connectivity index (χ4v) is 2.32. The minimum Gasteiger partial charge on any atom is -0.491 e. The van der Waals surface area contributed by atoms with Gasteiger partial charge in [-0.25, -0.2) is 4.39 Å². The standard InChI is InChI=1S/C17H21FO/c1-3-5-6-7-13-8-10-15-14(12-13)9-11-16(17(15)18)19-4-2/h8-12H,3-7H2,1-2H3. The molecule has 0 saturated carbocycles. The van der Waals surface area contributed by atoms with E-state index < -0.39 is 0 Å². The van der Waals surface area contributed by atoms with Crippen molar-refractivity contribution in [3.63, 3.8) is 0 Å². The summed E-state index contributed by atoms with van der Waals surface area (Å²) in [6.07, 6.45) is 4.73. The van der Waals surface area contributed by atoms with Crippen LogP contribution in [0.25, 0.3) is 10.8 Å². The van der Waals surface area contributed by atoms with Crippen molar-refractivity contribution in [2.75, 3.05) is 6.61 Å². The summed E-state index contributed by atoms with van der Waals surface area (Å²) < 4.78 is 19.4. The predicted molar refractivity (Wildman–Crippen MR) is 78.3 cm³/mol. The quantitative estimate of drug-likeness (QED) is 0.656. The molecule has 0 aromatic heterocycles. The van der Waals surface area contributed by atoms with Crippen molar-refractivity contribution in [2.45, 2.75) is 39.5 Å². The molecule has 19 heavy (non-hydrogen) atoms. The maximum atomic E-state index is 14.2. The zero-order valence-electron chi connectivity index (χ0n) is 11.7. The molecule has 102 valence electrons. The van der Waals surface area contributed by atoms with Crippen LogP contribution in [0.4, 0.5) is 4.39 Å². The molecule has 2 rings (SSSR count). The molecule has 0 radical (unpaired) electrons. The SMILES string of the molecule is CCCCCc1ccc2c(F)c(OCC)ccc2c1. The molecule has 0 unspecified atom stereocenters. The number of hydrogen-bond acceptors (Lipinski definition) is 1. The highest BCUT2D eigenvalue weighted by Gasteiger charge is 2.08. The molecule has 2 heteroatoms. The van der Waals surface area contributed by atoms with Crippen molar-refractivity contribution in [3.05, 3.63) is 41.7 Å². The zero-order valence-corrected chi connectivity index (χ0v) is 11.7. The highest BCUT2D eigenvalue weighted by molar-refractivity contribution is 5.85. The van der Waals surface area contributed by atoms with Crippen LogP contribution in [0.3, 0.4) is 0 Å². The second-order valence-corrected chi connectivity index (χ2v) is 4.82. The summed E-state index contributed by atoms with van der Waals surface area (Å²) >= 11 is 0. The van der Waals surface area contributed by atoms with Crippen molar-refractivity contribution < 1.29 is 9.13 Å². The molecule has 2 aromatic carbocycles. The Morgan fingerprint density at radius 2 is 1.89 bits per heavy atom. The van der Waals surface area contributed by atoms with Crippen molar-refractivity contribution in [1.82, 2.24) is 0 Å². The fourth-order valence-electron chi connectivity index (χ4n) is 2.32. The smallest absolute Gasteiger partial charge is 0.172 e. The molecule has 1 nitrogen and oxygen atoms in total. The van der Waals surface area contributed by atoms with Crippen molar-refractivity contribution in [2.24, 2.45) is 0 Å². The highest BCUT2D eigenvalue weighted by atomic mass is 19.1. The molecule has 0 fully saturated rings. The summed E-state index contributed by atoms with van der Waals surface area (Å²) in [6, 6.07) is 9.64. The van der Waals surface area contributed by atoms with Gasteiger partial charge in [-0.3, -0.25) is 0 Å². The van der Waals surface area contributed by atoms with Crippen molar-refractivity contribution >= 4 is 10.8 Å². The second kappa shape index (κ2) is 6.55. The molecule has 0 heterocycles. The summed E-state index contributed by atoms with van der Waals surface area (Å²) in [5, 5.41) is 1.60. The fraction of sp³-hybridized carbons (Fsp3) is 0.412. The Morgan fingerprint density at radius 3 is 2.63 bits per heavy atom. The summed E-state index contributed by atoms with van der Waals surface area (Å²) in [6.45, 7) is 4.54. The normalized spacial score (nSPS) is 10.9. The Labute approximate surface area is 114 Å². The lowest BCUT2D eigenvalue weighted by molar-refractivity contribution is 0.323. The molecule has 0 amide bonds. The summed E-state index contributed by atoms with van der Waals surface area (Å²) in [5.74, 6) is 0.0909. The van der Waals surface area contributed by atoms with E-state index in [-0.39, 0.29) is 5.82 Å². The van der Waals surface area contributed by atoms with Crippen LogP contribution in [0.2, 0.25) is 0 Å². The zero-order chi connectivity index (χ0) is 13.7. The van der Waals surface area contributed by atoms with Crippen LogP contribution in [0, 0.1) is 5.82 Å². The maximum Gasteiger partial charge on any atom is 0.172 e. The highest BCUT2D eigenvalue weighted by Crippen LogP contribution is 2.27. The van der Waals surface area contributed by atoms with E-state index in [1.54, 1.807) is 6.07 Å². The minimum absolute atomic E-state index is 0.251. The van der Waals surface area contributed by atoms with Crippen LogP contribution in [0.5, 0.6) is 5.75 Å². The Kier molecular flexibility index (Phi) is 4.78.